The molecule has 90 valence electrons. The molecule has 1 aromatic heterocycles. The lowest BCUT2D eigenvalue weighted by Crippen LogP contribution is -2.33. The summed E-state index contributed by atoms with van der Waals surface area (Å²) in [6.45, 7) is 7.22. The molecule has 0 aliphatic heterocycles. The summed E-state index contributed by atoms with van der Waals surface area (Å²) >= 11 is 0. The van der Waals surface area contributed by atoms with Crippen molar-refractivity contribution in [1.82, 2.24) is 14.8 Å². The van der Waals surface area contributed by atoms with E-state index in [4.69, 9.17) is 4.74 Å². The van der Waals surface area contributed by atoms with Crippen LogP contribution in [0.4, 0.5) is 0 Å². The summed E-state index contributed by atoms with van der Waals surface area (Å²) in [5.41, 5.74) is 0. The fourth-order valence-corrected chi connectivity index (χ4v) is 2.32. The molecule has 1 saturated carbocycles. The number of aromatic nitrogens is 3. The van der Waals surface area contributed by atoms with E-state index in [1.165, 1.54) is 12.8 Å². The molecule has 0 atom stereocenters. The Labute approximate surface area is 97.0 Å². The monoisotopic (exact) mass is 223 g/mol. The van der Waals surface area contributed by atoms with E-state index in [2.05, 4.69) is 35.5 Å². The summed E-state index contributed by atoms with van der Waals surface area (Å²) in [5, 5.41) is 8.19. The third kappa shape index (κ3) is 2.43. The van der Waals surface area contributed by atoms with Gasteiger partial charge in [-0.2, -0.15) is 0 Å². The van der Waals surface area contributed by atoms with Gasteiger partial charge in [0.15, 0.2) is 0 Å². The van der Waals surface area contributed by atoms with Crippen LogP contribution in [0.15, 0.2) is 6.33 Å². The van der Waals surface area contributed by atoms with Gasteiger partial charge in [0.1, 0.15) is 12.2 Å². The fraction of sp³-hybridized carbons (Fsp3) is 0.833. The highest BCUT2D eigenvalue weighted by molar-refractivity contribution is 4.94. The number of rotatable bonds is 5. The SMILES string of the molecule is CCOC1CC(Cc2nncn2C(C)C)C1. The van der Waals surface area contributed by atoms with Crippen LogP contribution in [0.1, 0.15) is 45.5 Å². The number of hydrogen-bond acceptors (Lipinski definition) is 3. The summed E-state index contributed by atoms with van der Waals surface area (Å²) in [4.78, 5) is 0. The highest BCUT2D eigenvalue weighted by Crippen LogP contribution is 2.32. The van der Waals surface area contributed by atoms with E-state index in [0.717, 1.165) is 24.8 Å². The Bertz CT molecular complexity index is 329. The fourth-order valence-electron chi connectivity index (χ4n) is 2.32. The zero-order valence-electron chi connectivity index (χ0n) is 10.4. The lowest BCUT2D eigenvalue weighted by atomic mass is 9.80. The van der Waals surface area contributed by atoms with Gasteiger partial charge in [-0.3, -0.25) is 0 Å². The Morgan fingerprint density at radius 3 is 2.88 bits per heavy atom. The molecule has 0 radical (unpaired) electrons. The first-order valence-corrected chi connectivity index (χ1v) is 6.20. The van der Waals surface area contributed by atoms with E-state index in [0.29, 0.717) is 12.1 Å². The van der Waals surface area contributed by atoms with E-state index in [1.807, 2.05) is 6.33 Å². The van der Waals surface area contributed by atoms with Gasteiger partial charge in [0.2, 0.25) is 0 Å². The zero-order chi connectivity index (χ0) is 11.5. The second-order valence-corrected chi connectivity index (χ2v) is 4.87. The Balaban J connectivity index is 1.84. The molecule has 0 spiro atoms. The average molecular weight is 223 g/mol. The smallest absolute Gasteiger partial charge is 0.133 e. The second-order valence-electron chi connectivity index (χ2n) is 4.87. The van der Waals surface area contributed by atoms with Gasteiger partial charge in [0.05, 0.1) is 6.10 Å². The first-order chi connectivity index (χ1) is 7.70. The minimum absolute atomic E-state index is 0.452. The van der Waals surface area contributed by atoms with Gasteiger partial charge in [-0.25, -0.2) is 0 Å². The molecule has 1 aliphatic carbocycles. The van der Waals surface area contributed by atoms with Crippen molar-refractivity contribution in [3.05, 3.63) is 12.2 Å². The van der Waals surface area contributed by atoms with Crippen LogP contribution in [0.25, 0.3) is 0 Å². The summed E-state index contributed by atoms with van der Waals surface area (Å²) < 4.78 is 7.72. The second kappa shape index (κ2) is 4.95. The first-order valence-electron chi connectivity index (χ1n) is 6.20. The molecule has 0 bridgehead atoms. The minimum atomic E-state index is 0.452. The molecule has 2 rings (SSSR count). The van der Waals surface area contributed by atoms with E-state index >= 15 is 0 Å². The van der Waals surface area contributed by atoms with Crippen molar-refractivity contribution in [2.24, 2.45) is 5.92 Å². The molecule has 1 aliphatic rings. The van der Waals surface area contributed by atoms with E-state index in [1.54, 1.807) is 0 Å². The summed E-state index contributed by atoms with van der Waals surface area (Å²) in [7, 11) is 0. The van der Waals surface area contributed by atoms with Gasteiger partial charge in [-0.1, -0.05) is 0 Å². The van der Waals surface area contributed by atoms with Crippen molar-refractivity contribution < 1.29 is 4.74 Å². The van der Waals surface area contributed by atoms with Gasteiger partial charge in [0.25, 0.3) is 0 Å². The van der Waals surface area contributed by atoms with Crippen molar-refractivity contribution >= 4 is 0 Å². The van der Waals surface area contributed by atoms with Gasteiger partial charge in [-0.05, 0) is 39.5 Å². The van der Waals surface area contributed by atoms with Crippen molar-refractivity contribution in [3.8, 4) is 0 Å². The molecule has 1 aromatic rings. The largest absolute Gasteiger partial charge is 0.378 e. The van der Waals surface area contributed by atoms with Gasteiger partial charge in [-0.15, -0.1) is 10.2 Å². The lowest BCUT2D eigenvalue weighted by Gasteiger charge is -2.34. The van der Waals surface area contributed by atoms with Crippen LogP contribution in [-0.4, -0.2) is 27.5 Å². The summed E-state index contributed by atoms with van der Waals surface area (Å²) in [5.74, 6) is 1.85. The van der Waals surface area contributed by atoms with Gasteiger partial charge >= 0.3 is 0 Å². The van der Waals surface area contributed by atoms with Crippen LogP contribution < -0.4 is 0 Å². The highest BCUT2D eigenvalue weighted by Gasteiger charge is 2.30. The average Bonchev–Trinajstić information content (AvgIpc) is 2.62. The van der Waals surface area contributed by atoms with Gasteiger partial charge < -0.3 is 9.30 Å². The number of nitrogens with zero attached hydrogens (tertiary/aromatic N) is 3. The number of hydrogen-bond donors (Lipinski definition) is 0. The molecule has 0 saturated heterocycles. The lowest BCUT2D eigenvalue weighted by molar-refractivity contribution is -0.0247. The molecule has 1 fully saturated rings. The predicted octanol–water partition coefficient (Wildman–Crippen LogP) is 2.22. The minimum Gasteiger partial charge on any atom is -0.378 e. The van der Waals surface area contributed by atoms with E-state index in [9.17, 15) is 0 Å². The predicted molar refractivity (Wildman–Crippen MR) is 62.2 cm³/mol. The first kappa shape index (κ1) is 11.6. The standard InChI is InChI=1S/C12H21N3O/c1-4-16-11-5-10(6-11)7-12-14-13-8-15(12)9(2)3/h8-11H,4-7H2,1-3H3. The summed E-state index contributed by atoms with van der Waals surface area (Å²) in [6, 6.07) is 0.452. The van der Waals surface area contributed by atoms with E-state index in [-0.39, 0.29) is 0 Å². The molecular formula is C12H21N3O. The zero-order valence-corrected chi connectivity index (χ0v) is 10.4. The normalized spacial score (nSPS) is 24.8. The van der Waals surface area contributed by atoms with Crippen LogP contribution in [0.3, 0.4) is 0 Å². The Kier molecular flexibility index (Phi) is 3.59. The van der Waals surface area contributed by atoms with Crippen LogP contribution in [-0.2, 0) is 11.2 Å². The highest BCUT2D eigenvalue weighted by atomic mass is 16.5. The molecule has 0 unspecified atom stereocenters. The molecule has 0 amide bonds. The van der Waals surface area contributed by atoms with Crippen LogP contribution in [0.5, 0.6) is 0 Å². The Hall–Kier alpha value is -0.900. The molecular weight excluding hydrogens is 202 g/mol. The molecule has 1 heterocycles. The topological polar surface area (TPSA) is 39.9 Å². The maximum absolute atomic E-state index is 5.56. The van der Waals surface area contributed by atoms with Crippen molar-refractivity contribution in [2.45, 2.75) is 52.2 Å². The van der Waals surface area contributed by atoms with Crippen LogP contribution in [0, 0.1) is 5.92 Å². The number of ether oxygens (including phenoxy) is 1. The molecule has 16 heavy (non-hydrogen) atoms. The Morgan fingerprint density at radius 2 is 2.25 bits per heavy atom. The third-order valence-corrected chi connectivity index (χ3v) is 3.27. The van der Waals surface area contributed by atoms with Crippen molar-refractivity contribution in [2.75, 3.05) is 6.61 Å². The van der Waals surface area contributed by atoms with Crippen molar-refractivity contribution in [3.63, 3.8) is 0 Å². The quantitative estimate of drug-likeness (QED) is 0.768. The third-order valence-electron chi connectivity index (χ3n) is 3.27. The Morgan fingerprint density at radius 1 is 1.50 bits per heavy atom. The molecule has 0 N–H and O–H groups in total. The van der Waals surface area contributed by atoms with Crippen LogP contribution in [0.2, 0.25) is 0 Å². The van der Waals surface area contributed by atoms with E-state index < -0.39 is 0 Å². The maximum Gasteiger partial charge on any atom is 0.133 e. The van der Waals surface area contributed by atoms with Crippen molar-refractivity contribution in [1.29, 1.82) is 0 Å². The maximum atomic E-state index is 5.56. The molecule has 4 heteroatoms. The van der Waals surface area contributed by atoms with Gasteiger partial charge in [0, 0.05) is 19.1 Å². The van der Waals surface area contributed by atoms with Crippen LogP contribution >= 0.6 is 0 Å². The molecule has 0 aromatic carbocycles. The summed E-state index contributed by atoms with van der Waals surface area (Å²) in [6.07, 6.45) is 5.73. The molecule has 4 nitrogen and oxygen atoms in total.